The summed E-state index contributed by atoms with van der Waals surface area (Å²) in [4.78, 5) is 22.3. The molecule has 0 aromatic heterocycles. The molecule has 0 saturated carbocycles. The van der Waals surface area contributed by atoms with Crippen molar-refractivity contribution in [1.29, 1.82) is 0 Å². The summed E-state index contributed by atoms with van der Waals surface area (Å²) in [5.74, 6) is 5.45. The predicted octanol–water partition coefficient (Wildman–Crippen LogP) is 3.96. The third-order valence-corrected chi connectivity index (χ3v) is 3.65. The molecule has 136 valence electrons. The van der Waals surface area contributed by atoms with Crippen molar-refractivity contribution in [3.8, 4) is 11.8 Å². The second-order valence-electron chi connectivity index (χ2n) is 5.95. The lowest BCUT2D eigenvalue weighted by Crippen LogP contribution is -2.12. The molecule has 0 bridgehead atoms. The number of hydrogen-bond donors (Lipinski definition) is 1. The van der Waals surface area contributed by atoms with Crippen LogP contribution in [-0.2, 0) is 14.3 Å². The van der Waals surface area contributed by atoms with Crippen molar-refractivity contribution in [3.63, 3.8) is 0 Å². The first-order valence-electron chi connectivity index (χ1n) is 9.08. The fourth-order valence-corrected chi connectivity index (χ4v) is 2.26. The van der Waals surface area contributed by atoms with E-state index in [4.69, 9.17) is 4.74 Å². The van der Waals surface area contributed by atoms with Gasteiger partial charge >= 0.3 is 0 Å². The summed E-state index contributed by atoms with van der Waals surface area (Å²) in [5, 5.41) is 9.71. The van der Waals surface area contributed by atoms with Crippen molar-refractivity contribution in [3.05, 3.63) is 12.2 Å². The van der Waals surface area contributed by atoms with E-state index in [2.05, 4.69) is 25.7 Å². The van der Waals surface area contributed by atoms with Crippen LogP contribution in [0.25, 0.3) is 0 Å². The van der Waals surface area contributed by atoms with Crippen molar-refractivity contribution >= 4 is 12.3 Å². The molecule has 0 rings (SSSR count). The summed E-state index contributed by atoms with van der Waals surface area (Å²) in [5.41, 5.74) is 0. The molecule has 4 nitrogen and oxygen atoms in total. The Balaban J connectivity index is 4.09. The number of unbranched alkanes of at least 4 members (excludes halogenated alkanes) is 5. The first-order chi connectivity index (χ1) is 11.6. The Morgan fingerprint density at radius 2 is 1.88 bits per heavy atom. The van der Waals surface area contributed by atoms with Crippen LogP contribution in [0, 0.1) is 11.8 Å². The summed E-state index contributed by atoms with van der Waals surface area (Å²) in [7, 11) is 0. The molecule has 0 spiro atoms. The second kappa shape index (κ2) is 16.3. The molecule has 0 aliphatic heterocycles. The van der Waals surface area contributed by atoms with E-state index < -0.39 is 6.10 Å². The molecule has 4 heteroatoms. The topological polar surface area (TPSA) is 63.6 Å². The SMILES string of the molecule is CCCCCC#C[C@H](O)CC(=O)/C=C/C[C@@H](CCCCC)OC=O. The zero-order chi connectivity index (χ0) is 18.0. The molecular formula is C20H32O4. The van der Waals surface area contributed by atoms with Gasteiger partial charge in [-0.15, -0.1) is 5.92 Å². The van der Waals surface area contributed by atoms with Crippen LogP contribution >= 0.6 is 0 Å². The molecule has 0 unspecified atom stereocenters. The van der Waals surface area contributed by atoms with Crippen LogP contribution in [0.1, 0.15) is 78.1 Å². The molecule has 0 aliphatic carbocycles. The highest BCUT2D eigenvalue weighted by Gasteiger charge is 2.08. The highest BCUT2D eigenvalue weighted by Crippen LogP contribution is 2.10. The van der Waals surface area contributed by atoms with Gasteiger partial charge in [0.1, 0.15) is 12.2 Å². The number of carbonyl (C=O) groups excluding carboxylic acids is 2. The molecule has 0 aromatic rings. The molecular weight excluding hydrogens is 304 g/mol. The Morgan fingerprint density at radius 1 is 1.17 bits per heavy atom. The molecule has 0 saturated heterocycles. The van der Waals surface area contributed by atoms with Crippen molar-refractivity contribution in [2.24, 2.45) is 0 Å². The van der Waals surface area contributed by atoms with Crippen molar-refractivity contribution in [1.82, 2.24) is 0 Å². The normalized spacial score (nSPS) is 13.1. The van der Waals surface area contributed by atoms with Crippen LogP contribution < -0.4 is 0 Å². The third kappa shape index (κ3) is 14.0. The highest BCUT2D eigenvalue weighted by molar-refractivity contribution is 5.90. The average molecular weight is 336 g/mol. The molecule has 0 radical (unpaired) electrons. The molecule has 2 atom stereocenters. The van der Waals surface area contributed by atoms with Gasteiger partial charge in [0.15, 0.2) is 5.78 Å². The second-order valence-corrected chi connectivity index (χ2v) is 5.95. The minimum Gasteiger partial charge on any atom is -0.464 e. The fourth-order valence-electron chi connectivity index (χ4n) is 2.26. The quantitative estimate of drug-likeness (QED) is 0.226. The number of ketones is 1. The van der Waals surface area contributed by atoms with Crippen molar-refractivity contribution < 1.29 is 19.4 Å². The molecule has 0 aromatic carbocycles. The van der Waals surface area contributed by atoms with Gasteiger partial charge in [0.2, 0.25) is 0 Å². The Kier molecular flexibility index (Phi) is 15.2. The number of carbonyl (C=O) groups is 2. The molecule has 0 amide bonds. The standard InChI is InChI=1S/C20H32O4/c1-3-5-7-8-10-12-18(22)16-19(23)13-11-15-20(24-17-21)14-9-6-4-2/h11,13,17-18,20,22H,3-9,14-16H2,1-2H3/b13-11+/t18-,20+/m0/s1. The largest absolute Gasteiger partial charge is 0.464 e. The number of hydrogen-bond acceptors (Lipinski definition) is 4. The minimum absolute atomic E-state index is 0.00627. The van der Waals surface area contributed by atoms with E-state index in [0.29, 0.717) is 12.9 Å². The van der Waals surface area contributed by atoms with Gasteiger partial charge in [0.05, 0.1) is 0 Å². The van der Waals surface area contributed by atoms with Gasteiger partial charge in [0, 0.05) is 19.3 Å². The van der Waals surface area contributed by atoms with E-state index in [9.17, 15) is 14.7 Å². The Hall–Kier alpha value is -1.60. The van der Waals surface area contributed by atoms with Crippen molar-refractivity contribution in [2.45, 2.75) is 90.3 Å². The lowest BCUT2D eigenvalue weighted by Gasteiger charge is -2.12. The van der Waals surface area contributed by atoms with E-state index in [-0.39, 0.29) is 18.3 Å². The van der Waals surface area contributed by atoms with Crippen LogP contribution in [0.5, 0.6) is 0 Å². The number of aliphatic hydroxyl groups excluding tert-OH is 1. The summed E-state index contributed by atoms with van der Waals surface area (Å²) in [6.45, 7) is 4.71. The van der Waals surface area contributed by atoms with Gasteiger partial charge in [0.25, 0.3) is 6.47 Å². The molecule has 0 heterocycles. The van der Waals surface area contributed by atoms with E-state index in [1.54, 1.807) is 6.08 Å². The maximum absolute atomic E-state index is 11.8. The maximum Gasteiger partial charge on any atom is 0.293 e. The number of allylic oxidation sites excluding steroid dienone is 1. The van der Waals surface area contributed by atoms with Gasteiger partial charge in [-0.25, -0.2) is 0 Å². The van der Waals surface area contributed by atoms with Gasteiger partial charge in [-0.05, 0) is 25.3 Å². The van der Waals surface area contributed by atoms with Gasteiger partial charge in [-0.1, -0.05) is 51.5 Å². The van der Waals surface area contributed by atoms with Crippen LogP contribution in [0.15, 0.2) is 12.2 Å². The lowest BCUT2D eigenvalue weighted by molar-refractivity contribution is -0.133. The monoisotopic (exact) mass is 336 g/mol. The fraction of sp³-hybridized carbons (Fsp3) is 0.700. The molecule has 24 heavy (non-hydrogen) atoms. The van der Waals surface area contributed by atoms with E-state index in [1.807, 2.05) is 0 Å². The zero-order valence-electron chi connectivity index (χ0n) is 15.1. The third-order valence-electron chi connectivity index (χ3n) is 3.65. The van der Waals surface area contributed by atoms with E-state index in [1.165, 1.54) is 6.08 Å². The van der Waals surface area contributed by atoms with Gasteiger partial charge < -0.3 is 9.84 Å². The lowest BCUT2D eigenvalue weighted by atomic mass is 10.1. The first kappa shape index (κ1) is 22.4. The van der Waals surface area contributed by atoms with Gasteiger partial charge in [-0.2, -0.15) is 0 Å². The van der Waals surface area contributed by atoms with Crippen LogP contribution in [0.2, 0.25) is 0 Å². The van der Waals surface area contributed by atoms with Crippen LogP contribution in [-0.4, -0.2) is 29.6 Å². The predicted molar refractivity (Wildman–Crippen MR) is 96.4 cm³/mol. The zero-order valence-corrected chi connectivity index (χ0v) is 15.1. The molecule has 0 fully saturated rings. The molecule has 1 N–H and O–H groups in total. The highest BCUT2D eigenvalue weighted by atomic mass is 16.5. The first-order valence-corrected chi connectivity index (χ1v) is 9.08. The summed E-state index contributed by atoms with van der Waals surface area (Å²) in [6.07, 6.45) is 10.7. The smallest absolute Gasteiger partial charge is 0.293 e. The number of aliphatic hydroxyl groups is 1. The van der Waals surface area contributed by atoms with Crippen LogP contribution in [0.3, 0.4) is 0 Å². The Labute approximate surface area is 146 Å². The Morgan fingerprint density at radius 3 is 2.54 bits per heavy atom. The minimum atomic E-state index is -0.907. The maximum atomic E-state index is 11.8. The van der Waals surface area contributed by atoms with E-state index >= 15 is 0 Å². The van der Waals surface area contributed by atoms with E-state index in [0.717, 1.165) is 51.4 Å². The average Bonchev–Trinajstić information content (AvgIpc) is 2.54. The van der Waals surface area contributed by atoms with Crippen LogP contribution in [0.4, 0.5) is 0 Å². The summed E-state index contributed by atoms with van der Waals surface area (Å²) < 4.78 is 5.02. The number of rotatable bonds is 14. The van der Waals surface area contributed by atoms with Gasteiger partial charge in [-0.3, -0.25) is 9.59 Å². The Bertz CT molecular complexity index is 417. The van der Waals surface area contributed by atoms with Crippen molar-refractivity contribution in [2.75, 3.05) is 0 Å². The summed E-state index contributed by atoms with van der Waals surface area (Å²) in [6, 6.07) is 0. The number of ether oxygens (including phenoxy) is 1. The summed E-state index contributed by atoms with van der Waals surface area (Å²) >= 11 is 0. The molecule has 0 aliphatic rings.